The van der Waals surface area contributed by atoms with Gasteiger partial charge in [-0.15, -0.1) is 0 Å². The van der Waals surface area contributed by atoms with Gasteiger partial charge in [0.1, 0.15) is 18.1 Å². The molecule has 0 saturated heterocycles. The van der Waals surface area contributed by atoms with E-state index in [0.717, 1.165) is 32.6 Å². The van der Waals surface area contributed by atoms with E-state index in [-0.39, 0.29) is 138 Å². The lowest BCUT2D eigenvalue weighted by atomic mass is 9.89. The lowest BCUT2D eigenvalue weighted by Crippen LogP contribution is -2.45. The predicted molar refractivity (Wildman–Crippen MR) is 388 cm³/mol. The monoisotopic (exact) mass is 1470 g/mol. The summed E-state index contributed by atoms with van der Waals surface area (Å²) in [6.45, 7) is 7.68. The van der Waals surface area contributed by atoms with Gasteiger partial charge in [-0.25, -0.2) is 18.0 Å². The number of likely N-dealkylation sites (N-methyl/N-ethyl adjacent to an activating group) is 1. The molecular formula is C77H88F3N9O15S. The Hall–Kier alpha value is -10.3. The molecule has 0 radical (unpaired) electrons. The zero-order valence-electron chi connectivity index (χ0n) is 59.0. The predicted octanol–water partition coefficient (Wildman–Crippen LogP) is 10.2. The van der Waals surface area contributed by atoms with Crippen molar-refractivity contribution in [2.45, 2.75) is 96.0 Å². The fraction of sp³-hybridized carbons (Fsp3) is 0.377. The van der Waals surface area contributed by atoms with Crippen molar-refractivity contribution in [3.05, 3.63) is 179 Å². The van der Waals surface area contributed by atoms with Gasteiger partial charge in [-0.05, 0) is 114 Å². The number of carbonyl (C=O) groups excluding carboxylic acids is 7. The summed E-state index contributed by atoms with van der Waals surface area (Å²) >= 11 is 0. The van der Waals surface area contributed by atoms with E-state index in [1.807, 2.05) is 55.5 Å². The number of alkyl halides is 3. The van der Waals surface area contributed by atoms with E-state index in [4.69, 9.17) is 34.2 Å². The smallest absolute Gasteiger partial charge is 0.418 e. The normalized spacial score (nSPS) is 12.5. The van der Waals surface area contributed by atoms with Crippen LogP contribution in [0.1, 0.15) is 92.7 Å². The molecular weight excluding hydrogens is 1380 g/mol. The van der Waals surface area contributed by atoms with Crippen molar-refractivity contribution >= 4 is 73.8 Å². The minimum absolute atomic E-state index is 0.0241. The van der Waals surface area contributed by atoms with Crippen LogP contribution in [0.15, 0.2) is 151 Å². The largest absolute Gasteiger partial charge is 0.457 e. The van der Waals surface area contributed by atoms with E-state index < -0.39 is 57.7 Å². The van der Waals surface area contributed by atoms with Crippen LogP contribution in [0, 0.1) is 23.7 Å². The number of urea groups is 1. The molecule has 0 spiro atoms. The van der Waals surface area contributed by atoms with Gasteiger partial charge in [0.05, 0.1) is 87.1 Å². The van der Waals surface area contributed by atoms with E-state index in [9.17, 15) is 55.2 Å². The molecule has 7 N–H and O–H groups in total. The van der Waals surface area contributed by atoms with Crippen LogP contribution in [-0.2, 0) is 83.4 Å². The number of halogens is 3. The average Bonchev–Trinajstić information content (AvgIpc) is 0.773. The summed E-state index contributed by atoms with van der Waals surface area (Å²) in [6, 6.07) is 36.4. The lowest BCUT2D eigenvalue weighted by molar-refractivity contribution is -0.136. The molecule has 1 aromatic heterocycles. The van der Waals surface area contributed by atoms with Crippen LogP contribution in [0.2, 0.25) is 0 Å². The lowest BCUT2D eigenvalue weighted by Gasteiger charge is -2.26. The number of anilines is 2. The standard InChI is InChI=1S/C77H88F3N9O15S/c1-5-54-49-85-73-64(22-12-23-65(73)77(78,79)80)71(54)57-17-10-19-61(46-57)104-62-20-11-21-63(48-62)105(97,98)88(4)37-35-84-76(96)103-51-53-25-29-60(30-26-53)86-74(94)58(18-13-34-83-75(81)95)47-67(90)72(52(2)3)87-69(92)33-38-99-40-42-101-44-45-102-43-41-100-39-36-82-68(91)31-32-70(93)89-50-59-16-7-6-14-55(59)27-28-56-15-8-9-24-66(56)89/h6-12,14-17,19-26,29-30,46,48-49,52,58,72H,5,13,18,31-45,47,50-51H2,1-4H3,(H,82,91)(H,84,96)(H,86,94)(H,87,92)(H3,81,83,95)/t58-,72+/m1/s1. The average molecular weight is 1470 g/mol. The first-order valence-electron chi connectivity index (χ1n) is 34.5. The number of ether oxygens (including phenoxy) is 6. The number of rotatable bonds is 40. The summed E-state index contributed by atoms with van der Waals surface area (Å²) in [7, 11) is -2.77. The van der Waals surface area contributed by atoms with Crippen molar-refractivity contribution in [3.63, 3.8) is 0 Å². The highest BCUT2D eigenvalue weighted by Gasteiger charge is 2.34. The maximum absolute atomic E-state index is 14.0. The molecule has 0 unspecified atom stereocenters. The van der Waals surface area contributed by atoms with Gasteiger partial charge in [-0.1, -0.05) is 105 Å². The van der Waals surface area contributed by atoms with E-state index >= 15 is 0 Å². The molecule has 105 heavy (non-hydrogen) atoms. The minimum Gasteiger partial charge on any atom is -0.457 e. The molecule has 28 heteroatoms. The second-order valence-corrected chi connectivity index (χ2v) is 26.9. The number of ketones is 1. The Morgan fingerprint density at radius 2 is 1.35 bits per heavy atom. The molecule has 2 heterocycles. The van der Waals surface area contributed by atoms with Crippen molar-refractivity contribution in [1.82, 2.24) is 30.6 Å². The maximum Gasteiger partial charge on any atom is 0.418 e. The Bertz CT molecular complexity index is 4320. The summed E-state index contributed by atoms with van der Waals surface area (Å²) in [5.41, 5.74) is 10.3. The zero-order valence-corrected chi connectivity index (χ0v) is 59.8. The summed E-state index contributed by atoms with van der Waals surface area (Å²) in [4.78, 5) is 96.7. The number of alkyl carbamates (subject to hydrolysis) is 1. The number of pyridine rings is 1. The maximum atomic E-state index is 14.0. The first kappa shape index (κ1) is 80.4. The Balaban J connectivity index is 0.682. The van der Waals surface area contributed by atoms with Gasteiger partial charge in [0.2, 0.25) is 33.7 Å². The van der Waals surface area contributed by atoms with Gasteiger partial charge in [0, 0.05) is 99.3 Å². The number of nitrogens with one attached hydrogen (secondary N) is 5. The van der Waals surface area contributed by atoms with Gasteiger partial charge in [0.15, 0.2) is 5.78 Å². The molecule has 1 aliphatic rings. The Morgan fingerprint density at radius 3 is 2.06 bits per heavy atom. The van der Waals surface area contributed by atoms with E-state index in [0.29, 0.717) is 78.4 Å². The molecule has 558 valence electrons. The van der Waals surface area contributed by atoms with Crippen LogP contribution in [0.4, 0.5) is 34.1 Å². The second-order valence-electron chi connectivity index (χ2n) is 24.9. The van der Waals surface area contributed by atoms with Crippen LogP contribution < -0.4 is 42.0 Å². The number of para-hydroxylation sites is 2. The number of aryl methyl sites for hydroxylation is 1. The van der Waals surface area contributed by atoms with Crippen molar-refractivity contribution < 1.29 is 83.6 Å². The summed E-state index contributed by atoms with van der Waals surface area (Å²) in [6.07, 6.45) is -3.24. The highest BCUT2D eigenvalue weighted by Crippen LogP contribution is 2.40. The van der Waals surface area contributed by atoms with E-state index in [1.165, 1.54) is 37.5 Å². The number of benzene rings is 6. The number of Topliss-reactive ketones (excluding diaryl/α,β-unsaturated/α-hetero) is 1. The van der Waals surface area contributed by atoms with E-state index in [1.54, 1.807) is 79.4 Å². The molecule has 7 amide bonds. The molecule has 2 atom stereocenters. The van der Waals surface area contributed by atoms with Gasteiger partial charge in [-0.3, -0.25) is 29.0 Å². The number of carbonyl (C=O) groups is 7. The highest BCUT2D eigenvalue weighted by atomic mass is 32.2. The third-order valence-electron chi connectivity index (χ3n) is 16.9. The van der Waals surface area contributed by atoms with Crippen LogP contribution in [0.25, 0.3) is 22.0 Å². The topological polar surface area (TPSA) is 315 Å². The molecule has 0 saturated carbocycles. The first-order chi connectivity index (χ1) is 50.5. The van der Waals surface area contributed by atoms with Crippen LogP contribution in [0.3, 0.4) is 0 Å². The fourth-order valence-corrected chi connectivity index (χ4v) is 12.6. The van der Waals surface area contributed by atoms with Gasteiger partial charge in [0.25, 0.3) is 0 Å². The summed E-state index contributed by atoms with van der Waals surface area (Å²) in [5, 5.41) is 13.8. The molecule has 0 fully saturated rings. The van der Waals surface area contributed by atoms with Gasteiger partial charge >= 0.3 is 18.3 Å². The SMILES string of the molecule is CCc1cnc2c(C(F)(F)F)cccc2c1-c1cccc(Oc2cccc(S(=O)(=O)N(C)CCNC(=O)OCc3ccc(NC(=O)[C@H](CCCNC(N)=O)CC(=O)[C@@H](NC(=O)CCOCCOCCOCCOCCNC(=O)CCC(=O)N4Cc5ccccc5C#Cc5ccccc54)C(C)C)cc3)c2)c1. The van der Waals surface area contributed by atoms with Crippen molar-refractivity contribution in [1.29, 1.82) is 0 Å². The molecule has 1 aliphatic heterocycles. The number of fused-ring (bicyclic) bond motifs is 3. The number of sulfonamides is 1. The Morgan fingerprint density at radius 1 is 0.695 bits per heavy atom. The third kappa shape index (κ3) is 24.7. The first-order valence-corrected chi connectivity index (χ1v) is 36.0. The zero-order chi connectivity index (χ0) is 75.3. The number of nitrogens with zero attached hydrogens (tertiary/aromatic N) is 3. The third-order valence-corrected chi connectivity index (χ3v) is 18.7. The molecule has 8 rings (SSSR count). The molecule has 7 aromatic rings. The van der Waals surface area contributed by atoms with Gasteiger partial charge < -0.3 is 65.6 Å². The Labute approximate surface area is 608 Å². The number of primary amides is 1. The second kappa shape index (κ2) is 40.1. The molecule has 0 bridgehead atoms. The quantitative estimate of drug-likeness (QED) is 0.0154. The fourth-order valence-electron chi connectivity index (χ4n) is 11.4. The van der Waals surface area contributed by atoms with Crippen LogP contribution in [0.5, 0.6) is 11.5 Å². The number of amides is 7. The van der Waals surface area contributed by atoms with Gasteiger partial charge in [-0.2, -0.15) is 17.5 Å². The number of nitrogens with two attached hydrogens (primary N) is 1. The van der Waals surface area contributed by atoms with Crippen LogP contribution >= 0.6 is 0 Å². The summed E-state index contributed by atoms with van der Waals surface area (Å²) in [5.74, 6) is 3.93. The van der Waals surface area contributed by atoms with Crippen molar-refractivity contribution in [2.24, 2.45) is 17.6 Å². The summed E-state index contributed by atoms with van der Waals surface area (Å²) < 4.78 is 104. The van der Waals surface area contributed by atoms with Crippen LogP contribution in [-0.4, -0.2) is 151 Å². The number of hydrogen-bond donors (Lipinski definition) is 6. The Kier molecular flexibility index (Phi) is 30.7. The van der Waals surface area contributed by atoms with Crippen molar-refractivity contribution in [2.75, 3.05) is 96.3 Å². The van der Waals surface area contributed by atoms with E-state index in [2.05, 4.69) is 43.4 Å². The van der Waals surface area contributed by atoms with Crippen molar-refractivity contribution in [3.8, 4) is 34.5 Å². The number of aromatic nitrogens is 1. The molecule has 0 aliphatic carbocycles. The highest BCUT2D eigenvalue weighted by molar-refractivity contribution is 7.89. The molecule has 6 aromatic carbocycles. The number of hydrogen-bond acceptors (Lipinski definition) is 16. The minimum atomic E-state index is -4.62. The molecule has 24 nitrogen and oxygen atoms in total.